The van der Waals surface area contributed by atoms with Crippen LogP contribution < -0.4 is 5.62 Å². The fourth-order valence-electron chi connectivity index (χ4n) is 3.69. The lowest BCUT2D eigenvalue weighted by atomic mass is 9.78. The highest BCUT2D eigenvalue weighted by molar-refractivity contribution is 5.96. The number of benzene rings is 2. The van der Waals surface area contributed by atoms with Crippen LogP contribution in [0.2, 0.25) is 0 Å². The first kappa shape index (κ1) is 22.6. The molecule has 3 aromatic rings. The summed E-state index contributed by atoms with van der Waals surface area (Å²) in [6.45, 7) is 12.9. The van der Waals surface area contributed by atoms with E-state index in [4.69, 9.17) is 5.41 Å². The van der Waals surface area contributed by atoms with Crippen LogP contribution in [0, 0.1) is 5.41 Å². The number of hydrogen-bond donors (Lipinski definition) is 2. The van der Waals surface area contributed by atoms with Gasteiger partial charge in [0.1, 0.15) is 5.75 Å². The number of Topliss-reactive ketones (excluding diaryl/α,β-unsaturated/α-hetero) is 1. The van der Waals surface area contributed by atoms with Crippen LogP contribution in [0.15, 0.2) is 54.9 Å². The molecule has 0 aliphatic rings. The summed E-state index contributed by atoms with van der Waals surface area (Å²) in [6.07, 6.45) is 3.61. The number of aromatic hydroxyl groups is 1. The fraction of sp³-hybridized carbons (Fsp3) is 0.385. The Kier molecular flexibility index (Phi) is 5.99. The molecule has 0 saturated carbocycles. The van der Waals surface area contributed by atoms with Gasteiger partial charge in [0.2, 0.25) is 5.62 Å². The molecule has 0 aliphatic heterocycles. The Morgan fingerprint density at radius 2 is 1.42 bits per heavy atom. The zero-order valence-electron chi connectivity index (χ0n) is 19.4. The number of hydrogen-bond acceptors (Lipinski definition) is 3. The van der Waals surface area contributed by atoms with Crippen molar-refractivity contribution < 1.29 is 9.90 Å². The second-order valence-electron chi connectivity index (χ2n) is 10.2. The van der Waals surface area contributed by atoms with Gasteiger partial charge in [-0.2, -0.15) is 0 Å². The SMILES string of the molecule is CC(C)(C)c1cc(C(=O)Cn2ccn(Cc3ccccc3)c2=N)cc(C(C)(C)C)c1O. The van der Waals surface area contributed by atoms with Crippen LogP contribution in [0.3, 0.4) is 0 Å². The van der Waals surface area contributed by atoms with E-state index >= 15 is 0 Å². The van der Waals surface area contributed by atoms with Crippen LogP contribution in [-0.4, -0.2) is 20.0 Å². The summed E-state index contributed by atoms with van der Waals surface area (Å²) in [6, 6.07) is 13.6. The number of ketones is 1. The third-order valence-corrected chi connectivity index (χ3v) is 5.53. The smallest absolute Gasteiger partial charge is 0.202 e. The lowest BCUT2D eigenvalue weighted by Crippen LogP contribution is -2.27. The van der Waals surface area contributed by atoms with Crippen molar-refractivity contribution in [3.05, 3.63) is 82.7 Å². The van der Waals surface area contributed by atoms with E-state index < -0.39 is 0 Å². The Balaban J connectivity index is 1.93. The minimum atomic E-state index is -0.299. The highest BCUT2D eigenvalue weighted by Crippen LogP contribution is 2.39. The minimum Gasteiger partial charge on any atom is -0.507 e. The average Bonchev–Trinajstić information content (AvgIpc) is 3.00. The summed E-state index contributed by atoms with van der Waals surface area (Å²) in [7, 11) is 0. The molecule has 0 spiro atoms. The maximum absolute atomic E-state index is 13.2. The molecule has 3 rings (SSSR count). The van der Waals surface area contributed by atoms with Gasteiger partial charge in [0.05, 0.1) is 13.1 Å². The molecule has 5 heteroatoms. The first-order valence-corrected chi connectivity index (χ1v) is 10.6. The summed E-state index contributed by atoms with van der Waals surface area (Å²) in [4.78, 5) is 13.2. The Hall–Kier alpha value is -3.08. The predicted molar refractivity (Wildman–Crippen MR) is 124 cm³/mol. The molecule has 0 saturated heterocycles. The molecule has 0 amide bonds. The van der Waals surface area contributed by atoms with Gasteiger partial charge in [0.15, 0.2) is 5.78 Å². The van der Waals surface area contributed by atoms with Crippen LogP contribution in [0.1, 0.15) is 68.6 Å². The summed E-state index contributed by atoms with van der Waals surface area (Å²) in [5, 5.41) is 19.4. The summed E-state index contributed by atoms with van der Waals surface area (Å²) in [5.41, 5.74) is 2.88. The molecule has 0 aliphatic carbocycles. The van der Waals surface area contributed by atoms with E-state index in [1.807, 2.05) is 82.6 Å². The van der Waals surface area contributed by atoms with E-state index in [0.717, 1.165) is 16.7 Å². The van der Waals surface area contributed by atoms with Gasteiger partial charge in [-0.25, -0.2) is 0 Å². The zero-order valence-corrected chi connectivity index (χ0v) is 19.4. The van der Waals surface area contributed by atoms with Crippen molar-refractivity contribution in [2.45, 2.75) is 65.5 Å². The van der Waals surface area contributed by atoms with E-state index in [-0.39, 0.29) is 34.5 Å². The van der Waals surface area contributed by atoms with Gasteiger partial charge in [0, 0.05) is 29.1 Å². The van der Waals surface area contributed by atoms with Gasteiger partial charge in [0.25, 0.3) is 0 Å². The van der Waals surface area contributed by atoms with E-state index in [1.54, 1.807) is 22.9 Å². The fourth-order valence-corrected chi connectivity index (χ4v) is 3.69. The number of carbonyl (C=O) groups excluding carboxylic acids is 1. The van der Waals surface area contributed by atoms with Crippen molar-refractivity contribution in [1.29, 1.82) is 5.41 Å². The number of phenolic OH excluding ortho intramolecular Hbond substituents is 1. The first-order valence-electron chi connectivity index (χ1n) is 10.6. The Morgan fingerprint density at radius 1 is 0.903 bits per heavy atom. The molecule has 0 radical (unpaired) electrons. The largest absolute Gasteiger partial charge is 0.507 e. The van der Waals surface area contributed by atoms with Crippen molar-refractivity contribution in [3.63, 3.8) is 0 Å². The molecule has 164 valence electrons. The first-order chi connectivity index (χ1) is 14.4. The van der Waals surface area contributed by atoms with Gasteiger partial charge in [-0.15, -0.1) is 0 Å². The van der Waals surface area contributed by atoms with E-state index in [1.165, 1.54) is 0 Å². The Labute approximate surface area is 184 Å². The maximum atomic E-state index is 13.2. The molecule has 0 fully saturated rings. The van der Waals surface area contributed by atoms with E-state index in [9.17, 15) is 9.90 Å². The standard InChI is InChI=1S/C26H33N3O2/c1-25(2,3)20-14-19(15-21(23(20)31)26(4,5)6)22(30)17-29-13-12-28(24(29)27)16-18-10-8-7-9-11-18/h7-15,27,31H,16-17H2,1-6H3. The van der Waals surface area contributed by atoms with Crippen molar-refractivity contribution >= 4 is 5.78 Å². The number of nitrogens with one attached hydrogen (secondary N) is 1. The van der Waals surface area contributed by atoms with Gasteiger partial charge >= 0.3 is 0 Å². The molecule has 0 unspecified atom stereocenters. The lowest BCUT2D eigenvalue weighted by Gasteiger charge is -2.28. The van der Waals surface area contributed by atoms with E-state index in [2.05, 4.69) is 0 Å². The molecule has 31 heavy (non-hydrogen) atoms. The number of rotatable bonds is 5. The normalized spacial score (nSPS) is 12.2. The predicted octanol–water partition coefficient (Wildman–Crippen LogP) is 5.00. The lowest BCUT2D eigenvalue weighted by molar-refractivity contribution is 0.0970. The number of nitrogens with zero attached hydrogens (tertiary/aromatic N) is 2. The molecule has 1 heterocycles. The summed E-state index contributed by atoms with van der Waals surface area (Å²) in [5.74, 6) is 0.186. The van der Waals surface area contributed by atoms with Gasteiger partial charge in [-0.05, 0) is 28.5 Å². The topological polar surface area (TPSA) is 71.0 Å². The Bertz CT molecular complexity index is 1100. The quantitative estimate of drug-likeness (QED) is 0.571. The highest BCUT2D eigenvalue weighted by Gasteiger charge is 2.27. The molecule has 0 bridgehead atoms. The van der Waals surface area contributed by atoms with Gasteiger partial charge in [-0.3, -0.25) is 10.2 Å². The molecule has 1 aromatic heterocycles. The maximum Gasteiger partial charge on any atom is 0.202 e. The van der Waals surface area contributed by atoms with Crippen LogP contribution in [0.5, 0.6) is 5.75 Å². The molecular formula is C26H33N3O2. The van der Waals surface area contributed by atoms with Crippen LogP contribution >= 0.6 is 0 Å². The molecule has 2 aromatic carbocycles. The molecule has 0 atom stereocenters. The zero-order chi connectivity index (χ0) is 23.0. The number of imidazole rings is 1. The third kappa shape index (κ3) is 4.98. The summed E-state index contributed by atoms with van der Waals surface area (Å²) >= 11 is 0. The van der Waals surface area contributed by atoms with Crippen molar-refractivity contribution in [2.75, 3.05) is 0 Å². The highest BCUT2D eigenvalue weighted by atomic mass is 16.3. The number of phenols is 1. The minimum absolute atomic E-state index is 0.0769. The van der Waals surface area contributed by atoms with Crippen molar-refractivity contribution in [3.8, 4) is 5.75 Å². The second kappa shape index (κ2) is 8.22. The number of carbonyl (C=O) groups is 1. The van der Waals surface area contributed by atoms with E-state index in [0.29, 0.717) is 12.1 Å². The van der Waals surface area contributed by atoms with Crippen LogP contribution in [0.25, 0.3) is 0 Å². The van der Waals surface area contributed by atoms with Gasteiger partial charge in [-0.1, -0.05) is 71.9 Å². The van der Waals surface area contributed by atoms with Crippen molar-refractivity contribution in [1.82, 2.24) is 9.13 Å². The molecular weight excluding hydrogens is 386 g/mol. The Morgan fingerprint density at radius 3 is 1.94 bits per heavy atom. The van der Waals surface area contributed by atoms with Crippen LogP contribution in [-0.2, 0) is 23.9 Å². The van der Waals surface area contributed by atoms with Crippen molar-refractivity contribution in [2.24, 2.45) is 0 Å². The third-order valence-electron chi connectivity index (χ3n) is 5.53. The van der Waals surface area contributed by atoms with Crippen LogP contribution in [0.4, 0.5) is 0 Å². The average molecular weight is 420 g/mol. The van der Waals surface area contributed by atoms with Gasteiger partial charge < -0.3 is 14.2 Å². The molecule has 5 nitrogen and oxygen atoms in total. The second-order valence-corrected chi connectivity index (χ2v) is 10.2. The summed E-state index contributed by atoms with van der Waals surface area (Å²) < 4.78 is 3.48. The number of aromatic nitrogens is 2. The molecule has 2 N–H and O–H groups in total. The monoisotopic (exact) mass is 419 g/mol.